The van der Waals surface area contributed by atoms with Crippen LogP contribution in [0.5, 0.6) is 5.75 Å². The molecule has 0 fully saturated rings. The van der Waals surface area contributed by atoms with Gasteiger partial charge in [-0.2, -0.15) is 5.21 Å². The average molecular weight is 534 g/mol. The lowest BCUT2D eigenvalue weighted by Crippen LogP contribution is -2.45. The van der Waals surface area contributed by atoms with Crippen molar-refractivity contribution < 1.29 is 20.4 Å². The van der Waals surface area contributed by atoms with E-state index in [1.165, 1.54) is 7.05 Å². The first-order valence-electron chi connectivity index (χ1n) is 6.60. The maximum absolute atomic E-state index is 10.6. The van der Waals surface area contributed by atoms with Crippen LogP contribution in [0.3, 0.4) is 0 Å². The third-order valence-corrected chi connectivity index (χ3v) is 5.49. The number of aliphatic hydroxyl groups excluding tert-OH is 1. The molecule has 0 aliphatic heterocycles. The fourth-order valence-corrected chi connectivity index (χ4v) is 4.78. The molecular formula is C13H18Br3N4O4+. The van der Waals surface area contributed by atoms with E-state index in [1.54, 1.807) is 0 Å². The van der Waals surface area contributed by atoms with Crippen LogP contribution in [0.1, 0.15) is 5.56 Å². The number of hydrogen-bond acceptors (Lipinski definition) is 7. The van der Waals surface area contributed by atoms with Gasteiger partial charge in [0, 0.05) is 29.3 Å². The van der Waals surface area contributed by atoms with Gasteiger partial charge in [0.25, 0.3) is 0 Å². The van der Waals surface area contributed by atoms with Crippen molar-refractivity contribution in [2.75, 3.05) is 27.2 Å². The summed E-state index contributed by atoms with van der Waals surface area (Å²) in [5.74, 6) is 2.10. The van der Waals surface area contributed by atoms with Crippen molar-refractivity contribution >= 4 is 59.3 Å². The summed E-state index contributed by atoms with van der Waals surface area (Å²) in [7, 11) is 3.14. The topological polar surface area (TPSA) is 97.6 Å². The molecule has 11 heteroatoms. The Balaban J connectivity index is 3.39. The summed E-state index contributed by atoms with van der Waals surface area (Å²) in [6, 6.07) is 0. The molecule has 0 heterocycles. The molecule has 1 aromatic carbocycles. The van der Waals surface area contributed by atoms with Crippen LogP contribution in [0.25, 0.3) is 0 Å². The highest BCUT2D eigenvalue weighted by Gasteiger charge is 2.37. The molecule has 134 valence electrons. The van der Waals surface area contributed by atoms with Crippen LogP contribution >= 0.6 is 47.8 Å². The highest BCUT2D eigenvalue weighted by atomic mass is 79.9. The Hall–Kier alpha value is -0.490. The van der Waals surface area contributed by atoms with Gasteiger partial charge in [0.2, 0.25) is 5.69 Å². The molecule has 0 saturated heterocycles. The zero-order valence-electron chi connectivity index (χ0n) is 13.1. The number of hydrogen-bond donors (Lipinski definition) is 4. The Kier molecular flexibility index (Phi) is 8.33. The maximum atomic E-state index is 10.6. The maximum Gasteiger partial charge on any atom is 0.234 e. The van der Waals surface area contributed by atoms with Crippen molar-refractivity contribution in [2.24, 2.45) is 5.10 Å². The minimum atomic E-state index is -1.09. The summed E-state index contributed by atoms with van der Waals surface area (Å²) >= 11 is 10.0. The summed E-state index contributed by atoms with van der Waals surface area (Å²) in [5, 5.41) is 33.4. The Morgan fingerprint density at radius 2 is 1.96 bits per heavy atom. The van der Waals surface area contributed by atoms with Gasteiger partial charge >= 0.3 is 0 Å². The van der Waals surface area contributed by atoms with Crippen LogP contribution in [0.15, 0.2) is 25.1 Å². The SMILES string of the molecule is C=C=NNO[N+](C)(O)c1c(Br)c(O)c(Br)c(CN(C)CCO)c1Br. The minimum Gasteiger partial charge on any atom is -0.505 e. The summed E-state index contributed by atoms with van der Waals surface area (Å²) in [5.41, 5.74) is 3.00. The molecule has 0 amide bonds. The van der Waals surface area contributed by atoms with Crippen molar-refractivity contribution in [3.05, 3.63) is 25.6 Å². The fourth-order valence-electron chi connectivity index (χ4n) is 1.89. The summed E-state index contributed by atoms with van der Waals surface area (Å²) in [6.45, 7) is 4.11. The molecular weight excluding hydrogens is 516 g/mol. The number of halogens is 3. The first-order valence-corrected chi connectivity index (χ1v) is 8.98. The van der Waals surface area contributed by atoms with E-state index in [2.05, 4.69) is 70.9 Å². The van der Waals surface area contributed by atoms with Gasteiger partial charge in [-0.15, -0.1) is 10.7 Å². The van der Waals surface area contributed by atoms with E-state index in [0.717, 1.165) is 0 Å². The largest absolute Gasteiger partial charge is 0.505 e. The number of likely N-dealkylation sites (N-methyl/N-ethyl adjacent to an activating group) is 1. The molecule has 0 aromatic heterocycles. The summed E-state index contributed by atoms with van der Waals surface area (Å²) < 4.78 is 1.18. The lowest BCUT2D eigenvalue weighted by molar-refractivity contribution is -0.340. The number of nitrogens with zero attached hydrogens (tertiary/aromatic N) is 3. The lowest BCUT2D eigenvalue weighted by atomic mass is 10.1. The number of aliphatic hydroxyl groups is 1. The second kappa shape index (κ2) is 9.27. The Labute approximate surface area is 164 Å². The molecule has 4 N–H and O–H groups in total. The second-order valence-electron chi connectivity index (χ2n) is 4.91. The third-order valence-electron chi connectivity index (χ3n) is 3.03. The highest BCUT2D eigenvalue weighted by molar-refractivity contribution is 9.11. The van der Waals surface area contributed by atoms with E-state index in [4.69, 9.17) is 10.0 Å². The Morgan fingerprint density at radius 3 is 2.50 bits per heavy atom. The minimum absolute atomic E-state index is 0.00146. The highest BCUT2D eigenvalue weighted by Crippen LogP contribution is 2.49. The second-order valence-corrected chi connectivity index (χ2v) is 7.29. The van der Waals surface area contributed by atoms with Gasteiger partial charge in [-0.3, -0.25) is 4.90 Å². The van der Waals surface area contributed by atoms with Crippen LogP contribution in [0, 0.1) is 0 Å². The van der Waals surface area contributed by atoms with Gasteiger partial charge in [0.1, 0.15) is 11.5 Å². The van der Waals surface area contributed by atoms with Crippen molar-refractivity contribution in [3.8, 4) is 5.75 Å². The van der Waals surface area contributed by atoms with Gasteiger partial charge in [0.15, 0.2) is 5.75 Å². The molecule has 0 aliphatic carbocycles. The van der Waals surface area contributed by atoms with Crippen LogP contribution in [-0.2, 0) is 11.5 Å². The van der Waals surface area contributed by atoms with Gasteiger partial charge in [-0.25, -0.2) is 0 Å². The number of hydroxylamine groups is 2. The number of benzene rings is 1. The predicted molar refractivity (Wildman–Crippen MR) is 101 cm³/mol. The number of phenols is 1. The Bertz CT molecular complexity index is 651. The zero-order valence-corrected chi connectivity index (χ0v) is 17.8. The van der Waals surface area contributed by atoms with Crippen LogP contribution in [-0.4, -0.2) is 53.4 Å². The van der Waals surface area contributed by atoms with E-state index < -0.39 is 4.81 Å². The molecule has 1 aromatic rings. The van der Waals surface area contributed by atoms with Gasteiger partial charge in [0.05, 0.1) is 15.6 Å². The molecule has 1 rings (SSSR count). The monoisotopic (exact) mass is 531 g/mol. The zero-order chi connectivity index (χ0) is 18.5. The molecule has 0 aliphatic rings. The number of rotatable bonds is 8. The number of aromatic hydroxyl groups is 1. The first-order chi connectivity index (χ1) is 11.2. The quantitative estimate of drug-likeness (QED) is 0.233. The smallest absolute Gasteiger partial charge is 0.234 e. The number of quaternary nitrogens is 1. The number of nitrogens with one attached hydrogen (secondary N) is 1. The first kappa shape index (κ1) is 21.6. The molecule has 0 radical (unpaired) electrons. The molecule has 0 bridgehead atoms. The lowest BCUT2D eigenvalue weighted by Gasteiger charge is -2.25. The van der Waals surface area contributed by atoms with Crippen LogP contribution < -0.4 is 10.4 Å². The van der Waals surface area contributed by atoms with Crippen molar-refractivity contribution in [1.29, 1.82) is 0 Å². The van der Waals surface area contributed by atoms with Gasteiger partial charge in [-0.1, -0.05) is 0 Å². The normalized spacial score (nSPS) is 13.5. The predicted octanol–water partition coefficient (Wildman–Crippen LogP) is 2.64. The molecule has 24 heavy (non-hydrogen) atoms. The van der Waals surface area contributed by atoms with E-state index in [1.807, 2.05) is 11.9 Å². The van der Waals surface area contributed by atoms with Crippen molar-refractivity contribution in [2.45, 2.75) is 6.54 Å². The van der Waals surface area contributed by atoms with Crippen LogP contribution in [0.2, 0.25) is 0 Å². The van der Waals surface area contributed by atoms with Crippen LogP contribution in [0.4, 0.5) is 5.69 Å². The van der Waals surface area contributed by atoms with Crippen molar-refractivity contribution in [1.82, 2.24) is 15.3 Å². The summed E-state index contributed by atoms with van der Waals surface area (Å²) in [4.78, 5) is 5.81. The third kappa shape index (κ3) is 5.01. The average Bonchev–Trinajstić information content (AvgIpc) is 2.50. The Morgan fingerprint density at radius 1 is 1.33 bits per heavy atom. The van der Waals surface area contributed by atoms with E-state index in [-0.39, 0.29) is 22.5 Å². The van der Waals surface area contributed by atoms with E-state index in [9.17, 15) is 10.3 Å². The molecule has 8 nitrogen and oxygen atoms in total. The molecule has 0 spiro atoms. The van der Waals surface area contributed by atoms with E-state index in [0.29, 0.717) is 27.6 Å². The number of hydrazone groups is 1. The number of phenolic OH excluding ortho intramolecular Hbond substituents is 1. The van der Waals surface area contributed by atoms with Gasteiger partial charge < -0.3 is 10.2 Å². The van der Waals surface area contributed by atoms with Gasteiger partial charge in [-0.05, 0) is 66.4 Å². The molecule has 1 atom stereocenters. The summed E-state index contributed by atoms with van der Waals surface area (Å²) in [6.07, 6.45) is 0. The molecule has 1 unspecified atom stereocenters. The molecule has 0 saturated carbocycles. The standard InChI is InChI=1S/C13H17Br3N4O4/c1-4-17-18-24-20(3,23)12-9(14)8(7-19(2)5-6-21)10(15)13(22)11(12)16/h18,21,23H,1,5-7H2,2-3H3/p+1. The van der Waals surface area contributed by atoms with E-state index >= 15 is 0 Å². The fraction of sp³-hybridized carbons (Fsp3) is 0.385. The van der Waals surface area contributed by atoms with Crippen molar-refractivity contribution in [3.63, 3.8) is 0 Å².